The van der Waals surface area contributed by atoms with E-state index in [1.54, 1.807) is 0 Å². The maximum absolute atomic E-state index is 6.23. The lowest BCUT2D eigenvalue weighted by atomic mass is 9.91. The number of ether oxygens (including phenoxy) is 1. The molecule has 1 heterocycles. The van der Waals surface area contributed by atoms with Crippen molar-refractivity contribution in [3.63, 3.8) is 0 Å². The molecule has 2 rings (SSSR count). The van der Waals surface area contributed by atoms with Gasteiger partial charge in [0, 0.05) is 24.1 Å². The van der Waals surface area contributed by atoms with E-state index in [4.69, 9.17) is 10.5 Å². The van der Waals surface area contributed by atoms with Gasteiger partial charge in [0.2, 0.25) is 0 Å². The number of nitrogens with two attached hydrogens (primary N) is 1. The molecule has 15 heavy (non-hydrogen) atoms. The Kier molecular flexibility index (Phi) is 2.93. The van der Waals surface area contributed by atoms with Crippen molar-refractivity contribution in [2.75, 3.05) is 27.2 Å². The highest BCUT2D eigenvalue weighted by Gasteiger charge is 2.27. The molecule has 0 saturated carbocycles. The van der Waals surface area contributed by atoms with Crippen LogP contribution in [0.3, 0.4) is 0 Å². The number of hydrogen-bond acceptors (Lipinski definition) is 3. The first kappa shape index (κ1) is 10.5. The Morgan fingerprint density at radius 2 is 2.13 bits per heavy atom. The molecule has 2 N–H and O–H groups in total. The minimum atomic E-state index is 0.0948. The van der Waals surface area contributed by atoms with Crippen molar-refractivity contribution in [1.82, 2.24) is 4.90 Å². The monoisotopic (exact) mass is 206 g/mol. The predicted octanol–water partition coefficient (Wildman–Crippen LogP) is 1.26. The molecule has 0 unspecified atom stereocenters. The highest BCUT2D eigenvalue weighted by Crippen LogP contribution is 2.33. The van der Waals surface area contributed by atoms with Crippen molar-refractivity contribution in [3.05, 3.63) is 29.8 Å². The van der Waals surface area contributed by atoms with E-state index in [1.807, 2.05) is 18.2 Å². The first-order valence-electron chi connectivity index (χ1n) is 5.30. The maximum Gasteiger partial charge on any atom is 0.124 e. The van der Waals surface area contributed by atoms with E-state index in [-0.39, 0.29) is 6.04 Å². The third-order valence-electron chi connectivity index (χ3n) is 2.84. The summed E-state index contributed by atoms with van der Waals surface area (Å²) in [6.45, 7) is 1.69. The summed E-state index contributed by atoms with van der Waals surface area (Å²) in [6.07, 6.45) is 0. The van der Waals surface area contributed by atoms with Crippen molar-refractivity contribution in [2.24, 2.45) is 11.7 Å². The van der Waals surface area contributed by atoms with Gasteiger partial charge in [-0.3, -0.25) is 0 Å². The van der Waals surface area contributed by atoms with Crippen molar-refractivity contribution in [3.8, 4) is 5.75 Å². The fraction of sp³-hybridized carbons (Fsp3) is 0.500. The van der Waals surface area contributed by atoms with Crippen LogP contribution in [0.1, 0.15) is 11.6 Å². The number of rotatable bonds is 2. The molecule has 0 aromatic heterocycles. The zero-order valence-corrected chi connectivity index (χ0v) is 9.31. The number of fused-ring (bicyclic) bond motifs is 1. The first-order valence-corrected chi connectivity index (χ1v) is 5.30. The molecule has 1 aromatic rings. The van der Waals surface area contributed by atoms with Crippen molar-refractivity contribution < 1.29 is 4.74 Å². The molecular formula is C12H18N2O. The Hall–Kier alpha value is -1.06. The molecule has 0 radical (unpaired) electrons. The second kappa shape index (κ2) is 4.21. The standard InChI is InChI=1S/C12H18N2O/c1-14(2)7-9-8-15-11-6-4-3-5-10(11)12(9)13/h3-6,9,12H,7-8,13H2,1-2H3/t9-,12+/m1/s1. The molecular weight excluding hydrogens is 188 g/mol. The van der Waals surface area contributed by atoms with Crippen LogP contribution < -0.4 is 10.5 Å². The Bertz CT molecular complexity index is 338. The van der Waals surface area contributed by atoms with Crippen LogP contribution in [0.2, 0.25) is 0 Å². The molecule has 2 atom stereocenters. The Labute approximate surface area is 90.8 Å². The van der Waals surface area contributed by atoms with Crippen LogP contribution in [0.4, 0.5) is 0 Å². The molecule has 0 aliphatic carbocycles. The number of benzene rings is 1. The summed E-state index contributed by atoms with van der Waals surface area (Å²) in [5, 5.41) is 0. The highest BCUT2D eigenvalue weighted by atomic mass is 16.5. The van der Waals surface area contributed by atoms with E-state index in [0.717, 1.165) is 24.5 Å². The van der Waals surface area contributed by atoms with Gasteiger partial charge in [-0.25, -0.2) is 0 Å². The van der Waals surface area contributed by atoms with Crippen LogP contribution in [0.15, 0.2) is 24.3 Å². The van der Waals surface area contributed by atoms with E-state index in [1.165, 1.54) is 0 Å². The first-order chi connectivity index (χ1) is 7.18. The van der Waals surface area contributed by atoms with Gasteiger partial charge in [-0.2, -0.15) is 0 Å². The van der Waals surface area contributed by atoms with Crippen LogP contribution >= 0.6 is 0 Å². The Balaban J connectivity index is 2.18. The van der Waals surface area contributed by atoms with Crippen LogP contribution in [-0.2, 0) is 0 Å². The van der Waals surface area contributed by atoms with E-state index >= 15 is 0 Å². The van der Waals surface area contributed by atoms with Gasteiger partial charge in [-0.15, -0.1) is 0 Å². The Morgan fingerprint density at radius 3 is 2.87 bits per heavy atom. The summed E-state index contributed by atoms with van der Waals surface area (Å²) >= 11 is 0. The van der Waals surface area contributed by atoms with E-state index in [2.05, 4.69) is 25.1 Å². The average Bonchev–Trinajstić information content (AvgIpc) is 2.22. The lowest BCUT2D eigenvalue weighted by Crippen LogP contribution is -2.37. The van der Waals surface area contributed by atoms with Crippen LogP contribution in [0.25, 0.3) is 0 Å². The fourth-order valence-corrected chi connectivity index (χ4v) is 2.08. The number of nitrogens with zero attached hydrogens (tertiary/aromatic N) is 1. The number of para-hydroxylation sites is 1. The van der Waals surface area contributed by atoms with Crippen LogP contribution in [0, 0.1) is 5.92 Å². The van der Waals surface area contributed by atoms with E-state index in [0.29, 0.717) is 5.92 Å². The van der Waals surface area contributed by atoms with Gasteiger partial charge in [0.1, 0.15) is 5.75 Å². The summed E-state index contributed by atoms with van der Waals surface area (Å²) in [7, 11) is 4.13. The SMILES string of the molecule is CN(C)C[C@@H]1COc2ccccc2[C@H]1N. The van der Waals surface area contributed by atoms with Gasteiger partial charge in [0.05, 0.1) is 6.61 Å². The fourth-order valence-electron chi connectivity index (χ4n) is 2.08. The second-order valence-corrected chi connectivity index (χ2v) is 4.40. The Morgan fingerprint density at radius 1 is 1.40 bits per heavy atom. The van der Waals surface area contributed by atoms with Gasteiger partial charge in [0.25, 0.3) is 0 Å². The minimum Gasteiger partial charge on any atom is -0.493 e. The number of hydrogen-bond donors (Lipinski definition) is 1. The van der Waals surface area contributed by atoms with Gasteiger partial charge >= 0.3 is 0 Å². The van der Waals surface area contributed by atoms with Gasteiger partial charge in [0.15, 0.2) is 0 Å². The molecule has 1 aliphatic rings. The van der Waals surface area contributed by atoms with Crippen molar-refractivity contribution >= 4 is 0 Å². The third-order valence-corrected chi connectivity index (χ3v) is 2.84. The average molecular weight is 206 g/mol. The summed E-state index contributed by atoms with van der Waals surface area (Å²) in [4.78, 5) is 2.15. The molecule has 1 aliphatic heterocycles. The topological polar surface area (TPSA) is 38.5 Å². The molecule has 3 heteroatoms. The molecule has 0 amide bonds. The minimum absolute atomic E-state index is 0.0948. The molecule has 0 fully saturated rings. The predicted molar refractivity (Wildman–Crippen MR) is 60.9 cm³/mol. The summed E-state index contributed by atoms with van der Waals surface area (Å²) in [5.74, 6) is 1.33. The van der Waals surface area contributed by atoms with Crippen LogP contribution in [0.5, 0.6) is 5.75 Å². The molecule has 0 spiro atoms. The largest absolute Gasteiger partial charge is 0.493 e. The third kappa shape index (κ3) is 2.13. The maximum atomic E-state index is 6.23. The quantitative estimate of drug-likeness (QED) is 0.791. The molecule has 0 saturated heterocycles. The molecule has 82 valence electrons. The highest BCUT2D eigenvalue weighted by molar-refractivity contribution is 5.37. The van der Waals surface area contributed by atoms with Crippen molar-refractivity contribution in [1.29, 1.82) is 0 Å². The summed E-state index contributed by atoms with van der Waals surface area (Å²) < 4.78 is 5.70. The second-order valence-electron chi connectivity index (χ2n) is 4.40. The summed E-state index contributed by atoms with van der Waals surface area (Å²) in [6, 6.07) is 8.14. The smallest absolute Gasteiger partial charge is 0.124 e. The van der Waals surface area contributed by atoms with Crippen molar-refractivity contribution in [2.45, 2.75) is 6.04 Å². The van der Waals surface area contributed by atoms with Crippen LogP contribution in [-0.4, -0.2) is 32.1 Å². The molecule has 3 nitrogen and oxygen atoms in total. The molecule has 0 bridgehead atoms. The van der Waals surface area contributed by atoms with E-state index < -0.39 is 0 Å². The lowest BCUT2D eigenvalue weighted by Gasteiger charge is -2.32. The van der Waals surface area contributed by atoms with Gasteiger partial charge in [-0.05, 0) is 20.2 Å². The summed E-state index contributed by atoms with van der Waals surface area (Å²) in [5.41, 5.74) is 7.37. The van der Waals surface area contributed by atoms with Gasteiger partial charge in [-0.1, -0.05) is 18.2 Å². The zero-order valence-electron chi connectivity index (χ0n) is 9.31. The molecule has 1 aromatic carbocycles. The normalized spacial score (nSPS) is 24.8. The lowest BCUT2D eigenvalue weighted by molar-refractivity contribution is 0.163. The van der Waals surface area contributed by atoms with Gasteiger partial charge < -0.3 is 15.4 Å². The van der Waals surface area contributed by atoms with E-state index in [9.17, 15) is 0 Å². The zero-order chi connectivity index (χ0) is 10.8.